The van der Waals surface area contributed by atoms with Crippen LogP contribution in [0.4, 0.5) is 0 Å². The molecule has 0 aliphatic rings. The Bertz CT molecular complexity index is 1290. The van der Waals surface area contributed by atoms with Gasteiger partial charge in [-0.25, -0.2) is 0 Å². The Labute approximate surface area is 236 Å². The number of rotatable bonds is 9. The van der Waals surface area contributed by atoms with E-state index in [1.54, 1.807) is 17.0 Å². The van der Waals surface area contributed by atoms with Crippen molar-refractivity contribution in [1.82, 2.24) is 10.2 Å². The first-order valence-corrected chi connectivity index (χ1v) is 13.4. The van der Waals surface area contributed by atoms with Gasteiger partial charge in [0.25, 0.3) is 5.91 Å². The summed E-state index contributed by atoms with van der Waals surface area (Å²) in [6, 6.07) is 18.1. The summed E-state index contributed by atoms with van der Waals surface area (Å²) in [6.07, 6.45) is 0.346. The number of carbonyl (C=O) groups is 2. The number of hydrogen-bond acceptors (Lipinski definition) is 3. The largest absolute Gasteiger partial charge is 0.483 e. The van der Waals surface area contributed by atoms with E-state index in [1.165, 1.54) is 0 Å². The molecule has 1 N–H and O–H groups in total. The Morgan fingerprint density at radius 2 is 1.61 bits per heavy atom. The normalized spacial score (nSPS) is 12.1. The molecule has 3 aromatic rings. The van der Waals surface area contributed by atoms with Gasteiger partial charge in [0, 0.05) is 18.5 Å². The van der Waals surface area contributed by atoms with Crippen molar-refractivity contribution in [2.24, 2.45) is 0 Å². The SMILES string of the molecule is Cc1cc(C)c(C)c(OCC(=O)N(Cc2ccc(Cl)c(Cl)c2)[C@H](Cc2ccccc2)C(=O)NC(C)(C)C)c1. The lowest BCUT2D eigenvalue weighted by atomic mass is 10.0. The molecule has 0 bridgehead atoms. The highest BCUT2D eigenvalue weighted by atomic mass is 35.5. The summed E-state index contributed by atoms with van der Waals surface area (Å²) in [5, 5.41) is 3.87. The average molecular weight is 556 g/mol. The van der Waals surface area contributed by atoms with Crippen LogP contribution in [0.25, 0.3) is 0 Å². The molecule has 38 heavy (non-hydrogen) atoms. The van der Waals surface area contributed by atoms with Crippen molar-refractivity contribution < 1.29 is 14.3 Å². The zero-order chi connectivity index (χ0) is 28.0. The minimum Gasteiger partial charge on any atom is -0.483 e. The predicted molar refractivity (Wildman–Crippen MR) is 155 cm³/mol. The Morgan fingerprint density at radius 1 is 0.921 bits per heavy atom. The molecule has 3 aromatic carbocycles. The standard InChI is InChI=1S/C31H36Cl2N2O3/c1-20-14-21(2)22(3)28(15-20)38-19-29(36)35(18-24-12-13-25(32)26(33)16-24)27(30(37)34-31(4,5)6)17-23-10-8-7-9-11-23/h7-16,27H,17-19H2,1-6H3,(H,34,37)/t27-/m1/s1. The molecule has 0 aliphatic heterocycles. The van der Waals surface area contributed by atoms with Crippen LogP contribution >= 0.6 is 23.2 Å². The molecule has 2 amide bonds. The van der Waals surface area contributed by atoms with Gasteiger partial charge in [0.1, 0.15) is 11.8 Å². The van der Waals surface area contributed by atoms with Gasteiger partial charge in [-0.2, -0.15) is 0 Å². The van der Waals surface area contributed by atoms with Gasteiger partial charge >= 0.3 is 0 Å². The number of halogens is 2. The van der Waals surface area contributed by atoms with E-state index in [-0.39, 0.29) is 25.0 Å². The van der Waals surface area contributed by atoms with Gasteiger partial charge < -0.3 is 15.0 Å². The van der Waals surface area contributed by atoms with E-state index in [0.717, 1.165) is 27.8 Å². The third-order valence-corrected chi connectivity index (χ3v) is 6.96. The molecule has 5 nitrogen and oxygen atoms in total. The monoisotopic (exact) mass is 554 g/mol. The quantitative estimate of drug-likeness (QED) is 0.314. The number of aryl methyl sites for hydroxylation is 2. The Balaban J connectivity index is 1.98. The molecule has 202 valence electrons. The molecular weight excluding hydrogens is 519 g/mol. The summed E-state index contributed by atoms with van der Waals surface area (Å²) in [4.78, 5) is 29.0. The average Bonchev–Trinajstić information content (AvgIpc) is 2.84. The molecular formula is C31H36Cl2N2O3. The third-order valence-electron chi connectivity index (χ3n) is 6.22. The maximum Gasteiger partial charge on any atom is 0.261 e. The summed E-state index contributed by atoms with van der Waals surface area (Å²) in [5.74, 6) is 0.112. The van der Waals surface area contributed by atoms with E-state index in [4.69, 9.17) is 27.9 Å². The maximum absolute atomic E-state index is 13.8. The van der Waals surface area contributed by atoms with E-state index >= 15 is 0 Å². The van der Waals surface area contributed by atoms with Gasteiger partial charge in [-0.05, 0) is 87.6 Å². The van der Waals surface area contributed by atoms with E-state index < -0.39 is 11.6 Å². The van der Waals surface area contributed by atoms with Gasteiger partial charge in [-0.15, -0.1) is 0 Å². The van der Waals surface area contributed by atoms with Crippen LogP contribution in [-0.4, -0.2) is 34.9 Å². The molecule has 0 saturated carbocycles. The minimum atomic E-state index is -0.775. The fourth-order valence-electron chi connectivity index (χ4n) is 4.21. The van der Waals surface area contributed by atoms with Crippen molar-refractivity contribution in [3.05, 3.63) is 98.5 Å². The number of hydrogen-bond donors (Lipinski definition) is 1. The Morgan fingerprint density at radius 3 is 2.24 bits per heavy atom. The molecule has 0 aromatic heterocycles. The molecule has 0 unspecified atom stereocenters. The molecule has 0 spiro atoms. The van der Waals surface area contributed by atoms with Crippen LogP contribution < -0.4 is 10.1 Å². The van der Waals surface area contributed by atoms with Gasteiger partial charge in [0.05, 0.1) is 10.0 Å². The summed E-state index contributed by atoms with van der Waals surface area (Å²) < 4.78 is 6.03. The second kappa shape index (κ2) is 12.7. The van der Waals surface area contributed by atoms with Crippen LogP contribution in [0.15, 0.2) is 60.7 Å². The van der Waals surface area contributed by atoms with Crippen LogP contribution in [0.2, 0.25) is 10.0 Å². The van der Waals surface area contributed by atoms with Gasteiger partial charge in [-0.1, -0.05) is 65.7 Å². The van der Waals surface area contributed by atoms with Crippen LogP contribution in [0.3, 0.4) is 0 Å². The zero-order valence-electron chi connectivity index (χ0n) is 22.9. The van der Waals surface area contributed by atoms with Crippen LogP contribution in [-0.2, 0) is 22.6 Å². The number of ether oxygens (including phenoxy) is 1. The fourth-order valence-corrected chi connectivity index (χ4v) is 4.54. The Kier molecular flexibility index (Phi) is 9.86. The van der Waals surface area contributed by atoms with Crippen LogP contribution in [0.5, 0.6) is 5.75 Å². The summed E-state index contributed by atoms with van der Waals surface area (Å²) in [6.45, 7) is 11.7. The smallest absolute Gasteiger partial charge is 0.261 e. The first-order valence-electron chi connectivity index (χ1n) is 12.6. The molecule has 0 heterocycles. The minimum absolute atomic E-state index is 0.167. The van der Waals surface area contributed by atoms with Crippen LogP contribution in [0.1, 0.15) is 48.6 Å². The molecule has 0 aliphatic carbocycles. The first kappa shape index (κ1) is 29.5. The summed E-state index contributed by atoms with van der Waals surface area (Å²) in [7, 11) is 0. The molecule has 0 radical (unpaired) electrons. The van der Waals surface area contributed by atoms with Gasteiger partial charge in [0.15, 0.2) is 6.61 Å². The lowest BCUT2D eigenvalue weighted by Crippen LogP contribution is -2.55. The highest BCUT2D eigenvalue weighted by molar-refractivity contribution is 6.42. The van der Waals surface area contributed by atoms with Gasteiger partial charge in [0.2, 0.25) is 5.91 Å². The first-order chi connectivity index (χ1) is 17.8. The lowest BCUT2D eigenvalue weighted by molar-refractivity contribution is -0.143. The van der Waals surface area contributed by atoms with Gasteiger partial charge in [-0.3, -0.25) is 9.59 Å². The third kappa shape index (κ3) is 8.24. The van der Waals surface area contributed by atoms with E-state index in [9.17, 15) is 9.59 Å². The second-order valence-corrected chi connectivity index (χ2v) is 11.5. The van der Waals surface area contributed by atoms with E-state index in [2.05, 4.69) is 11.4 Å². The second-order valence-electron chi connectivity index (χ2n) is 10.7. The number of amides is 2. The molecule has 3 rings (SSSR count). The zero-order valence-corrected chi connectivity index (χ0v) is 24.4. The van der Waals surface area contributed by atoms with Crippen LogP contribution in [0, 0.1) is 20.8 Å². The van der Waals surface area contributed by atoms with Crippen molar-refractivity contribution in [2.45, 2.75) is 66.1 Å². The summed E-state index contributed by atoms with van der Waals surface area (Å²) in [5.41, 5.74) is 4.35. The Hall–Kier alpha value is -3.02. The van der Waals surface area contributed by atoms with Crippen molar-refractivity contribution >= 4 is 35.0 Å². The molecule has 0 saturated heterocycles. The number of nitrogens with one attached hydrogen (secondary N) is 1. The fraction of sp³-hybridized carbons (Fsp3) is 0.355. The molecule has 7 heteroatoms. The maximum atomic E-state index is 13.8. The highest BCUT2D eigenvalue weighted by Gasteiger charge is 2.32. The molecule has 1 atom stereocenters. The van der Waals surface area contributed by atoms with Crippen molar-refractivity contribution in [2.75, 3.05) is 6.61 Å². The summed E-state index contributed by atoms with van der Waals surface area (Å²) >= 11 is 12.4. The predicted octanol–water partition coefficient (Wildman–Crippen LogP) is 6.85. The topological polar surface area (TPSA) is 58.6 Å². The van der Waals surface area contributed by atoms with Crippen molar-refractivity contribution in [3.8, 4) is 5.75 Å². The highest BCUT2D eigenvalue weighted by Crippen LogP contribution is 2.26. The number of nitrogens with zero attached hydrogens (tertiary/aromatic N) is 1. The molecule has 0 fully saturated rings. The number of benzene rings is 3. The number of carbonyl (C=O) groups excluding carboxylic acids is 2. The van der Waals surface area contributed by atoms with Crippen molar-refractivity contribution in [3.63, 3.8) is 0 Å². The lowest BCUT2D eigenvalue weighted by Gasteiger charge is -2.34. The van der Waals surface area contributed by atoms with Crippen molar-refractivity contribution in [1.29, 1.82) is 0 Å². The van der Waals surface area contributed by atoms with E-state index in [0.29, 0.717) is 22.2 Å². The van der Waals surface area contributed by atoms with E-state index in [1.807, 2.05) is 84.0 Å².